The highest BCUT2D eigenvalue weighted by Gasteiger charge is 2.30. The molecule has 0 aliphatic carbocycles. The Morgan fingerprint density at radius 1 is 1.16 bits per heavy atom. The predicted molar refractivity (Wildman–Crippen MR) is 129 cm³/mol. The van der Waals surface area contributed by atoms with Gasteiger partial charge in [-0.2, -0.15) is 5.10 Å². The van der Waals surface area contributed by atoms with E-state index in [1.165, 1.54) is 0 Å². The fourth-order valence-electron chi connectivity index (χ4n) is 2.74. The van der Waals surface area contributed by atoms with Crippen LogP contribution in [0.2, 0.25) is 0 Å². The smallest absolute Gasteiger partial charge is 0.338 e. The van der Waals surface area contributed by atoms with Crippen LogP contribution in [0, 0.1) is 0 Å². The molecule has 0 radical (unpaired) electrons. The highest BCUT2D eigenvalue weighted by Crippen LogP contribution is 2.23. The van der Waals surface area contributed by atoms with E-state index in [2.05, 4.69) is 36.8 Å². The molecule has 2 amide bonds. The average molecular weight is 517 g/mol. The van der Waals surface area contributed by atoms with Crippen molar-refractivity contribution in [3.63, 3.8) is 0 Å². The van der Waals surface area contributed by atoms with Crippen molar-refractivity contribution in [2.45, 2.75) is 25.5 Å². The van der Waals surface area contributed by atoms with Crippen LogP contribution in [0.1, 0.15) is 36.2 Å². The molecule has 1 fully saturated rings. The minimum absolute atomic E-state index is 0.0197. The van der Waals surface area contributed by atoms with Gasteiger partial charge in [-0.3, -0.25) is 9.59 Å². The molecule has 8 nitrogen and oxygen atoms in total. The summed E-state index contributed by atoms with van der Waals surface area (Å²) in [6.45, 7) is 3.83. The summed E-state index contributed by atoms with van der Waals surface area (Å²) in [7, 11) is 0. The Kier molecular flexibility index (Phi) is 8.18. The second kappa shape index (κ2) is 11.1. The maximum absolute atomic E-state index is 12.7. The third-order valence-electron chi connectivity index (χ3n) is 4.38. The number of anilines is 1. The fraction of sp³-hybridized carbons (Fsp3) is 0.227. The number of nitrogens with one attached hydrogen (secondary N) is 2. The van der Waals surface area contributed by atoms with Gasteiger partial charge in [0.2, 0.25) is 11.8 Å². The number of amides is 2. The number of carbonyl (C=O) groups is 3. The van der Waals surface area contributed by atoms with Crippen LogP contribution in [0.5, 0.6) is 0 Å². The molecular formula is C22H21BrN4O4S. The van der Waals surface area contributed by atoms with Crippen LogP contribution in [0.3, 0.4) is 0 Å². The lowest BCUT2D eigenvalue weighted by molar-refractivity contribution is -0.123. The van der Waals surface area contributed by atoms with E-state index in [0.717, 1.165) is 21.8 Å². The zero-order valence-electron chi connectivity index (χ0n) is 17.4. The van der Waals surface area contributed by atoms with Gasteiger partial charge in [0.25, 0.3) is 0 Å². The largest absolute Gasteiger partial charge is 0.462 e. The van der Waals surface area contributed by atoms with Crippen LogP contribution in [0.4, 0.5) is 5.69 Å². The van der Waals surface area contributed by atoms with Crippen LogP contribution in [-0.2, 0) is 14.3 Å². The lowest BCUT2D eigenvalue weighted by atomic mass is 10.1. The van der Waals surface area contributed by atoms with E-state index in [4.69, 9.17) is 4.74 Å². The Morgan fingerprint density at radius 3 is 2.47 bits per heavy atom. The molecule has 2 aromatic carbocycles. The number of esters is 1. The monoisotopic (exact) mass is 516 g/mol. The van der Waals surface area contributed by atoms with Gasteiger partial charge in [-0.15, -0.1) is 5.10 Å². The highest BCUT2D eigenvalue weighted by molar-refractivity contribution is 9.10. The zero-order valence-corrected chi connectivity index (χ0v) is 19.8. The van der Waals surface area contributed by atoms with E-state index in [1.54, 1.807) is 31.2 Å². The molecule has 1 aliphatic rings. The van der Waals surface area contributed by atoms with E-state index >= 15 is 0 Å². The Morgan fingerprint density at radius 2 is 1.81 bits per heavy atom. The van der Waals surface area contributed by atoms with E-state index in [9.17, 15) is 14.4 Å². The van der Waals surface area contributed by atoms with E-state index in [1.807, 2.05) is 31.2 Å². The number of carbonyl (C=O) groups excluding carboxylic acids is 3. The minimum Gasteiger partial charge on any atom is -0.462 e. The van der Waals surface area contributed by atoms with E-state index in [0.29, 0.717) is 17.0 Å². The van der Waals surface area contributed by atoms with Crippen molar-refractivity contribution in [1.29, 1.82) is 0 Å². The maximum Gasteiger partial charge on any atom is 0.338 e. The first-order chi connectivity index (χ1) is 15.4. The van der Waals surface area contributed by atoms with Gasteiger partial charge in [-0.25, -0.2) is 4.79 Å². The van der Waals surface area contributed by atoms with E-state index in [-0.39, 0.29) is 30.0 Å². The van der Waals surface area contributed by atoms with Gasteiger partial charge >= 0.3 is 5.97 Å². The molecule has 2 aromatic rings. The number of benzene rings is 2. The van der Waals surface area contributed by atoms with Crippen molar-refractivity contribution in [3.05, 3.63) is 64.1 Å². The summed E-state index contributed by atoms with van der Waals surface area (Å²) in [6, 6.07) is 14.0. The summed E-state index contributed by atoms with van der Waals surface area (Å²) in [5.41, 5.74) is 2.47. The Hall–Kier alpha value is -2.98. The SMILES string of the molecule is CCOC(=O)c1ccc(NC(=O)[C@@H]2CC(=O)N/C(=N/N=C(/C)c3ccc(Br)cc3)S2)cc1. The van der Waals surface area contributed by atoms with Crippen molar-refractivity contribution < 1.29 is 19.1 Å². The Balaban J connectivity index is 1.65. The normalized spacial score (nSPS) is 17.6. The molecular weight excluding hydrogens is 496 g/mol. The van der Waals surface area contributed by atoms with Crippen molar-refractivity contribution in [1.82, 2.24) is 5.32 Å². The number of amidine groups is 1. The second-order valence-electron chi connectivity index (χ2n) is 6.74. The topological polar surface area (TPSA) is 109 Å². The highest BCUT2D eigenvalue weighted by atomic mass is 79.9. The number of thioether (sulfide) groups is 1. The third kappa shape index (κ3) is 6.51. The van der Waals surface area contributed by atoms with Crippen molar-refractivity contribution >= 4 is 62.0 Å². The van der Waals surface area contributed by atoms with Gasteiger partial charge in [0.05, 0.1) is 17.9 Å². The fourth-order valence-corrected chi connectivity index (χ4v) is 3.93. The summed E-state index contributed by atoms with van der Waals surface area (Å²) >= 11 is 4.52. The quantitative estimate of drug-likeness (QED) is 0.343. The number of ether oxygens (including phenoxy) is 1. The summed E-state index contributed by atoms with van der Waals surface area (Å²) in [4.78, 5) is 36.5. The molecule has 10 heteroatoms. The first-order valence-corrected chi connectivity index (χ1v) is 11.5. The first kappa shape index (κ1) is 23.7. The zero-order chi connectivity index (χ0) is 23.1. The number of nitrogens with zero attached hydrogens (tertiary/aromatic N) is 2. The van der Waals surface area contributed by atoms with Crippen molar-refractivity contribution in [2.24, 2.45) is 10.2 Å². The molecule has 1 aliphatic heterocycles. The molecule has 166 valence electrons. The minimum atomic E-state index is -0.657. The lowest BCUT2D eigenvalue weighted by Gasteiger charge is -2.21. The molecule has 1 saturated heterocycles. The number of hydrogen-bond acceptors (Lipinski definition) is 7. The third-order valence-corrected chi connectivity index (χ3v) is 5.98. The molecule has 3 rings (SSSR count). The predicted octanol–water partition coefficient (Wildman–Crippen LogP) is 3.97. The first-order valence-electron chi connectivity index (χ1n) is 9.78. The second-order valence-corrected chi connectivity index (χ2v) is 8.85. The molecule has 1 atom stereocenters. The van der Waals surface area contributed by atoms with Gasteiger partial charge in [0.15, 0.2) is 5.17 Å². The molecule has 0 bridgehead atoms. The maximum atomic E-state index is 12.7. The standard InChI is InChI=1S/C22H21BrN4O4S/c1-3-31-21(30)15-6-10-17(11-7-15)24-20(29)18-12-19(28)25-22(32-18)27-26-13(2)14-4-8-16(23)9-5-14/h4-11,18H,3,12H2,1-2H3,(H,24,29)(H,25,27,28)/b26-13-/t18-/m0/s1. The van der Waals surface area contributed by atoms with Gasteiger partial charge in [0.1, 0.15) is 5.25 Å². The van der Waals surface area contributed by atoms with Gasteiger partial charge in [-0.1, -0.05) is 39.8 Å². The van der Waals surface area contributed by atoms with Crippen molar-refractivity contribution in [3.8, 4) is 0 Å². The summed E-state index contributed by atoms with van der Waals surface area (Å²) in [6.07, 6.45) is 0.0197. The van der Waals surface area contributed by atoms with Gasteiger partial charge in [0, 0.05) is 16.6 Å². The van der Waals surface area contributed by atoms with Crippen LogP contribution in [-0.4, -0.2) is 40.5 Å². The number of hydrogen-bond donors (Lipinski definition) is 2. The van der Waals surface area contributed by atoms with Crippen LogP contribution >= 0.6 is 27.7 Å². The summed E-state index contributed by atoms with van der Waals surface area (Å²) in [5, 5.41) is 13.3. The lowest BCUT2D eigenvalue weighted by Crippen LogP contribution is -2.41. The van der Waals surface area contributed by atoms with Crippen LogP contribution < -0.4 is 10.6 Å². The molecule has 1 heterocycles. The molecule has 32 heavy (non-hydrogen) atoms. The Bertz CT molecular complexity index is 1070. The summed E-state index contributed by atoms with van der Waals surface area (Å²) in [5.74, 6) is -1.07. The number of rotatable bonds is 6. The van der Waals surface area contributed by atoms with Crippen LogP contribution in [0.25, 0.3) is 0 Å². The summed E-state index contributed by atoms with van der Waals surface area (Å²) < 4.78 is 5.90. The van der Waals surface area contributed by atoms with Crippen molar-refractivity contribution in [2.75, 3.05) is 11.9 Å². The Labute approximate surface area is 198 Å². The molecule has 0 aromatic heterocycles. The molecule has 2 N–H and O–H groups in total. The van der Waals surface area contributed by atoms with Gasteiger partial charge < -0.3 is 15.4 Å². The van der Waals surface area contributed by atoms with Gasteiger partial charge in [-0.05, 0) is 55.8 Å². The van der Waals surface area contributed by atoms with E-state index < -0.39 is 11.2 Å². The molecule has 0 unspecified atom stereocenters. The van der Waals surface area contributed by atoms with Crippen LogP contribution in [0.15, 0.2) is 63.2 Å². The molecule has 0 saturated carbocycles. The average Bonchev–Trinajstić information content (AvgIpc) is 2.78. The number of halogens is 1. The molecule has 0 spiro atoms.